The van der Waals surface area contributed by atoms with Crippen LogP contribution in [0.15, 0.2) is 77.3 Å². The summed E-state index contributed by atoms with van der Waals surface area (Å²) in [5, 5.41) is 3.53. The monoisotopic (exact) mass is 675 g/mol. The Morgan fingerprint density at radius 3 is 2.26 bits per heavy atom. The molecule has 0 fully saturated rings. The molecule has 0 radical (unpaired) electrons. The van der Waals surface area contributed by atoms with Crippen LogP contribution in [0, 0.1) is 6.92 Å². The number of rotatable bonds is 14. The minimum absolute atomic E-state index is 0.0512. The first-order valence-electron chi connectivity index (χ1n) is 14.0. The van der Waals surface area contributed by atoms with Crippen LogP contribution in [0.2, 0.25) is 5.02 Å². The number of benzene rings is 3. The van der Waals surface area contributed by atoms with Gasteiger partial charge in [0, 0.05) is 41.5 Å². The molecule has 0 spiro atoms. The van der Waals surface area contributed by atoms with E-state index in [1.165, 1.54) is 4.31 Å². The molecule has 2 atom stereocenters. The Morgan fingerprint density at radius 1 is 0.976 bits per heavy atom. The van der Waals surface area contributed by atoms with Crippen LogP contribution in [-0.2, 0) is 32.6 Å². The van der Waals surface area contributed by atoms with Gasteiger partial charge in [0.1, 0.15) is 6.04 Å². The summed E-state index contributed by atoms with van der Waals surface area (Å²) in [6.45, 7) is 6.04. The van der Waals surface area contributed by atoms with E-state index in [0.29, 0.717) is 22.7 Å². The van der Waals surface area contributed by atoms with Crippen LogP contribution in [0.4, 0.5) is 5.69 Å². The van der Waals surface area contributed by atoms with Crippen molar-refractivity contribution in [2.24, 2.45) is 0 Å². The highest BCUT2D eigenvalue weighted by Crippen LogP contribution is 2.28. The fraction of sp³-hybridized carbons (Fsp3) is 0.375. The van der Waals surface area contributed by atoms with Gasteiger partial charge in [0.25, 0.3) is 0 Å². The standard InChI is InChI=1S/C32H39BrClN3O4S/c1-5-23(2)35-32(39)30(21-25-11-7-6-8-12-25)36(22-26-16-18-27(33)19-17-26)31(38)15-10-20-37(42(4,40)41)29-14-9-13-28(34)24(29)3/h6-9,11-14,16-19,23,30H,5,10,15,20-22H2,1-4H3,(H,35,39)/t23-,30+/m1/s1. The van der Waals surface area contributed by atoms with E-state index >= 15 is 0 Å². The molecule has 42 heavy (non-hydrogen) atoms. The molecule has 0 bridgehead atoms. The third-order valence-corrected chi connectivity index (χ3v) is 9.32. The predicted octanol–water partition coefficient (Wildman–Crippen LogP) is 6.51. The Bertz CT molecular complexity index is 1450. The lowest BCUT2D eigenvalue weighted by Crippen LogP contribution is -2.52. The summed E-state index contributed by atoms with van der Waals surface area (Å²) in [4.78, 5) is 29.2. The van der Waals surface area contributed by atoms with Crippen molar-refractivity contribution in [2.45, 2.75) is 65.1 Å². The minimum Gasteiger partial charge on any atom is -0.352 e. The van der Waals surface area contributed by atoms with Gasteiger partial charge in [-0.2, -0.15) is 0 Å². The van der Waals surface area contributed by atoms with Crippen LogP contribution in [0.3, 0.4) is 0 Å². The summed E-state index contributed by atoms with van der Waals surface area (Å²) in [6, 6.07) is 21.6. The van der Waals surface area contributed by atoms with E-state index in [0.717, 1.165) is 28.3 Å². The summed E-state index contributed by atoms with van der Waals surface area (Å²) in [7, 11) is -3.63. The highest BCUT2D eigenvalue weighted by molar-refractivity contribution is 9.10. The van der Waals surface area contributed by atoms with E-state index in [4.69, 9.17) is 11.6 Å². The molecule has 3 aromatic carbocycles. The Labute approximate surface area is 263 Å². The maximum absolute atomic E-state index is 13.9. The molecule has 0 aliphatic heterocycles. The van der Waals surface area contributed by atoms with Crippen molar-refractivity contribution in [3.63, 3.8) is 0 Å². The summed E-state index contributed by atoms with van der Waals surface area (Å²) in [5.41, 5.74) is 2.96. The Kier molecular flexibility index (Phi) is 12.4. The van der Waals surface area contributed by atoms with Crippen LogP contribution >= 0.6 is 27.5 Å². The van der Waals surface area contributed by atoms with E-state index in [1.807, 2.05) is 68.4 Å². The van der Waals surface area contributed by atoms with Crippen LogP contribution in [0.5, 0.6) is 0 Å². The first-order valence-corrected chi connectivity index (χ1v) is 17.0. The minimum atomic E-state index is -3.63. The van der Waals surface area contributed by atoms with Crippen molar-refractivity contribution >= 4 is 55.1 Å². The van der Waals surface area contributed by atoms with Gasteiger partial charge in [0.2, 0.25) is 21.8 Å². The topological polar surface area (TPSA) is 86.8 Å². The van der Waals surface area contributed by atoms with Gasteiger partial charge in [0.15, 0.2) is 0 Å². The lowest BCUT2D eigenvalue weighted by Gasteiger charge is -2.33. The summed E-state index contributed by atoms with van der Waals surface area (Å²) >= 11 is 9.73. The normalized spacial score (nSPS) is 12.8. The fourth-order valence-corrected chi connectivity index (χ4v) is 6.08. The summed E-state index contributed by atoms with van der Waals surface area (Å²) in [6.07, 6.45) is 2.57. The number of nitrogens with zero attached hydrogens (tertiary/aromatic N) is 2. The first-order chi connectivity index (χ1) is 19.9. The van der Waals surface area contributed by atoms with Crippen molar-refractivity contribution in [3.05, 3.63) is 99.0 Å². The molecule has 7 nitrogen and oxygen atoms in total. The molecule has 3 aromatic rings. The van der Waals surface area contributed by atoms with Gasteiger partial charge in [-0.1, -0.05) is 83.0 Å². The molecule has 0 unspecified atom stereocenters. The van der Waals surface area contributed by atoms with Crippen molar-refractivity contribution in [1.29, 1.82) is 0 Å². The van der Waals surface area contributed by atoms with Crippen molar-refractivity contribution < 1.29 is 18.0 Å². The Balaban J connectivity index is 1.90. The van der Waals surface area contributed by atoms with Gasteiger partial charge in [-0.3, -0.25) is 13.9 Å². The third-order valence-electron chi connectivity index (χ3n) is 7.20. The summed E-state index contributed by atoms with van der Waals surface area (Å²) < 4.78 is 27.7. The van der Waals surface area contributed by atoms with E-state index in [1.54, 1.807) is 30.0 Å². The molecular weight excluding hydrogens is 638 g/mol. The van der Waals surface area contributed by atoms with Gasteiger partial charge in [-0.25, -0.2) is 8.42 Å². The maximum Gasteiger partial charge on any atom is 0.243 e. The van der Waals surface area contributed by atoms with Crippen LogP contribution in [-0.4, -0.2) is 50.0 Å². The van der Waals surface area contributed by atoms with Crippen molar-refractivity contribution in [1.82, 2.24) is 10.2 Å². The van der Waals surface area contributed by atoms with Gasteiger partial charge >= 0.3 is 0 Å². The number of halogens is 2. The number of carbonyl (C=O) groups is 2. The lowest BCUT2D eigenvalue weighted by molar-refractivity contribution is -0.141. The average molecular weight is 677 g/mol. The molecule has 0 saturated carbocycles. The molecular formula is C32H39BrClN3O4S. The predicted molar refractivity (Wildman–Crippen MR) is 174 cm³/mol. The molecule has 226 valence electrons. The molecule has 0 aliphatic rings. The van der Waals surface area contributed by atoms with Crippen LogP contribution < -0.4 is 9.62 Å². The number of carbonyl (C=O) groups excluding carboxylic acids is 2. The van der Waals surface area contributed by atoms with Gasteiger partial charge < -0.3 is 10.2 Å². The van der Waals surface area contributed by atoms with Gasteiger partial charge in [-0.15, -0.1) is 0 Å². The van der Waals surface area contributed by atoms with Crippen molar-refractivity contribution in [2.75, 3.05) is 17.1 Å². The zero-order chi connectivity index (χ0) is 30.9. The number of hydrogen-bond donors (Lipinski definition) is 1. The average Bonchev–Trinajstić information content (AvgIpc) is 2.95. The first kappa shape index (κ1) is 33.6. The van der Waals surface area contributed by atoms with E-state index in [9.17, 15) is 18.0 Å². The second-order valence-corrected chi connectivity index (χ2v) is 13.7. The molecule has 2 amide bonds. The highest BCUT2D eigenvalue weighted by Gasteiger charge is 2.31. The second kappa shape index (κ2) is 15.5. The SMILES string of the molecule is CC[C@@H](C)NC(=O)[C@H](Cc1ccccc1)N(Cc1ccc(Br)cc1)C(=O)CCCN(c1cccc(Cl)c1C)S(C)(=O)=O. The zero-order valence-electron chi connectivity index (χ0n) is 24.5. The third kappa shape index (κ3) is 9.57. The summed E-state index contributed by atoms with van der Waals surface area (Å²) in [5.74, 6) is -0.444. The molecule has 0 aliphatic carbocycles. The molecule has 3 rings (SSSR count). The molecule has 0 heterocycles. The van der Waals surface area contributed by atoms with Crippen LogP contribution in [0.1, 0.15) is 49.8 Å². The molecule has 10 heteroatoms. The van der Waals surface area contributed by atoms with E-state index in [-0.39, 0.29) is 43.8 Å². The molecule has 1 N–H and O–H groups in total. The van der Waals surface area contributed by atoms with Gasteiger partial charge in [0.05, 0.1) is 11.9 Å². The number of hydrogen-bond acceptors (Lipinski definition) is 4. The maximum atomic E-state index is 13.9. The molecule has 0 aromatic heterocycles. The second-order valence-electron chi connectivity index (χ2n) is 10.5. The fourth-order valence-electron chi connectivity index (χ4n) is 4.63. The Morgan fingerprint density at radius 2 is 1.64 bits per heavy atom. The number of anilines is 1. The van der Waals surface area contributed by atoms with E-state index < -0.39 is 16.1 Å². The largest absolute Gasteiger partial charge is 0.352 e. The van der Waals surface area contributed by atoms with Gasteiger partial charge in [-0.05, 0) is 67.6 Å². The highest BCUT2D eigenvalue weighted by atomic mass is 79.9. The Hall–Kier alpha value is -2.88. The molecule has 0 saturated heterocycles. The van der Waals surface area contributed by atoms with E-state index in [2.05, 4.69) is 21.2 Å². The lowest BCUT2D eigenvalue weighted by atomic mass is 10.0. The number of sulfonamides is 1. The van der Waals surface area contributed by atoms with Crippen LogP contribution in [0.25, 0.3) is 0 Å². The zero-order valence-corrected chi connectivity index (χ0v) is 27.7. The van der Waals surface area contributed by atoms with Crippen molar-refractivity contribution in [3.8, 4) is 0 Å². The number of amides is 2. The smallest absolute Gasteiger partial charge is 0.243 e. The number of nitrogens with one attached hydrogen (secondary N) is 1. The quantitative estimate of drug-likeness (QED) is 0.211.